The third-order valence-corrected chi connectivity index (χ3v) is 2.89. The van der Waals surface area contributed by atoms with Crippen LogP contribution in [-0.2, 0) is 5.41 Å². The smallest absolute Gasteiger partial charge is 0.0101 e. The molecule has 1 atom stereocenters. The van der Waals surface area contributed by atoms with Gasteiger partial charge in [-0.05, 0) is 18.4 Å². The van der Waals surface area contributed by atoms with Gasteiger partial charge in [0.15, 0.2) is 0 Å². The molecule has 0 N–H and O–H groups in total. The molecule has 1 rings (SSSR count). The number of allylic oxidation sites excluding steroid dienone is 2. The Morgan fingerprint density at radius 3 is 2.29 bits per heavy atom. The van der Waals surface area contributed by atoms with E-state index in [2.05, 4.69) is 63.3 Å². The molecule has 0 nitrogen and oxygen atoms in total. The van der Waals surface area contributed by atoms with Crippen LogP contribution in [0.25, 0.3) is 0 Å². The lowest BCUT2D eigenvalue weighted by atomic mass is 9.80. The van der Waals surface area contributed by atoms with E-state index < -0.39 is 0 Å². The summed E-state index contributed by atoms with van der Waals surface area (Å²) in [6, 6.07) is 10.7. The van der Waals surface area contributed by atoms with Gasteiger partial charge in [-0.3, -0.25) is 0 Å². The highest BCUT2D eigenvalue weighted by Gasteiger charge is 2.19. The zero-order valence-electron chi connectivity index (χ0n) is 9.46. The van der Waals surface area contributed by atoms with Crippen molar-refractivity contribution in [1.82, 2.24) is 0 Å². The summed E-state index contributed by atoms with van der Waals surface area (Å²) in [6.07, 6.45) is 6.86. The van der Waals surface area contributed by atoms with Crippen molar-refractivity contribution in [2.75, 3.05) is 0 Å². The lowest BCUT2D eigenvalue weighted by Gasteiger charge is -2.25. The van der Waals surface area contributed by atoms with Crippen LogP contribution in [0, 0.1) is 0 Å². The van der Waals surface area contributed by atoms with Gasteiger partial charge < -0.3 is 0 Å². The van der Waals surface area contributed by atoms with E-state index in [0.29, 0.717) is 0 Å². The maximum atomic E-state index is 2.34. The van der Waals surface area contributed by atoms with Crippen molar-refractivity contribution in [3.63, 3.8) is 0 Å². The van der Waals surface area contributed by atoms with Crippen molar-refractivity contribution in [2.45, 2.75) is 39.0 Å². The monoisotopic (exact) mass is 188 g/mol. The molecular weight excluding hydrogens is 168 g/mol. The first-order valence-electron chi connectivity index (χ1n) is 5.46. The van der Waals surface area contributed by atoms with Gasteiger partial charge in [0.2, 0.25) is 0 Å². The molecule has 0 spiro atoms. The Morgan fingerprint density at radius 1 is 1.14 bits per heavy atom. The van der Waals surface area contributed by atoms with E-state index in [4.69, 9.17) is 0 Å². The second-order valence-corrected chi connectivity index (χ2v) is 3.95. The third kappa shape index (κ3) is 2.47. The highest BCUT2D eigenvalue weighted by Crippen LogP contribution is 2.28. The number of benzene rings is 1. The minimum absolute atomic E-state index is 0.206. The summed E-state index contributed by atoms with van der Waals surface area (Å²) in [7, 11) is 0. The first-order chi connectivity index (χ1) is 6.73. The molecule has 76 valence electrons. The number of hydrogen-bond donors (Lipinski definition) is 0. The topological polar surface area (TPSA) is 0 Å². The van der Waals surface area contributed by atoms with Crippen LogP contribution < -0.4 is 0 Å². The van der Waals surface area contributed by atoms with E-state index in [1.165, 1.54) is 5.56 Å². The zero-order chi connectivity index (χ0) is 10.4. The van der Waals surface area contributed by atoms with E-state index in [-0.39, 0.29) is 5.41 Å². The molecule has 14 heavy (non-hydrogen) atoms. The first kappa shape index (κ1) is 11.0. The van der Waals surface area contributed by atoms with E-state index >= 15 is 0 Å². The van der Waals surface area contributed by atoms with Crippen molar-refractivity contribution in [3.05, 3.63) is 48.0 Å². The van der Waals surface area contributed by atoms with Crippen LogP contribution in [0.3, 0.4) is 0 Å². The van der Waals surface area contributed by atoms with Gasteiger partial charge in [-0.1, -0.05) is 63.3 Å². The average molecular weight is 188 g/mol. The summed E-state index contributed by atoms with van der Waals surface area (Å²) < 4.78 is 0. The van der Waals surface area contributed by atoms with Gasteiger partial charge in [-0.15, -0.1) is 0 Å². The first-order valence-corrected chi connectivity index (χ1v) is 5.46. The van der Waals surface area contributed by atoms with Gasteiger partial charge in [0.05, 0.1) is 0 Å². The molecule has 1 unspecified atom stereocenters. The van der Waals surface area contributed by atoms with Crippen molar-refractivity contribution in [2.24, 2.45) is 0 Å². The molecule has 0 heteroatoms. The fraction of sp³-hybridized carbons (Fsp3) is 0.429. The maximum absolute atomic E-state index is 2.34. The molecular formula is C14H20. The fourth-order valence-electron chi connectivity index (χ4n) is 1.62. The van der Waals surface area contributed by atoms with Gasteiger partial charge in [-0.25, -0.2) is 0 Å². The van der Waals surface area contributed by atoms with Crippen molar-refractivity contribution in [3.8, 4) is 0 Å². The van der Waals surface area contributed by atoms with Crippen LogP contribution in [0.2, 0.25) is 0 Å². The Hall–Kier alpha value is -1.04. The summed E-state index contributed by atoms with van der Waals surface area (Å²) in [5.41, 5.74) is 1.62. The SMILES string of the molecule is CCC=CC(C)(CC)c1ccccc1. The Labute approximate surface area is 87.7 Å². The predicted octanol–water partition coefficient (Wildman–Crippen LogP) is 4.32. The lowest BCUT2D eigenvalue weighted by molar-refractivity contribution is 0.571. The van der Waals surface area contributed by atoms with Gasteiger partial charge in [0.1, 0.15) is 0 Å². The second kappa shape index (κ2) is 4.99. The minimum atomic E-state index is 0.206. The molecule has 0 saturated heterocycles. The second-order valence-electron chi connectivity index (χ2n) is 3.95. The molecule has 0 aliphatic heterocycles. The van der Waals surface area contributed by atoms with Gasteiger partial charge >= 0.3 is 0 Å². The molecule has 0 aliphatic rings. The summed E-state index contributed by atoms with van der Waals surface area (Å²) in [4.78, 5) is 0. The summed E-state index contributed by atoms with van der Waals surface area (Å²) >= 11 is 0. The predicted molar refractivity (Wildman–Crippen MR) is 63.5 cm³/mol. The van der Waals surface area contributed by atoms with Crippen LogP contribution in [0.1, 0.15) is 39.2 Å². The van der Waals surface area contributed by atoms with Crippen molar-refractivity contribution in [1.29, 1.82) is 0 Å². The largest absolute Gasteiger partial charge is 0.0879 e. The molecule has 0 radical (unpaired) electrons. The van der Waals surface area contributed by atoms with Crippen LogP contribution in [0.5, 0.6) is 0 Å². The standard InChI is InChI=1S/C14H20/c1-4-6-12-14(3,5-2)13-10-8-7-9-11-13/h6-12H,4-5H2,1-3H3. The van der Waals surface area contributed by atoms with Gasteiger partial charge in [0, 0.05) is 5.41 Å². The molecule has 0 fully saturated rings. The Balaban J connectivity index is 2.96. The molecule has 0 aliphatic carbocycles. The maximum Gasteiger partial charge on any atom is 0.0101 e. The zero-order valence-corrected chi connectivity index (χ0v) is 9.46. The summed E-state index contributed by atoms with van der Waals surface area (Å²) in [5.74, 6) is 0. The lowest BCUT2D eigenvalue weighted by Crippen LogP contribution is -2.17. The molecule has 0 aromatic heterocycles. The van der Waals surface area contributed by atoms with Crippen LogP contribution >= 0.6 is 0 Å². The molecule has 1 aromatic carbocycles. The van der Waals surface area contributed by atoms with Crippen LogP contribution in [-0.4, -0.2) is 0 Å². The molecule has 0 heterocycles. The van der Waals surface area contributed by atoms with E-state index in [0.717, 1.165) is 12.8 Å². The molecule has 0 saturated carbocycles. The minimum Gasteiger partial charge on any atom is -0.0879 e. The van der Waals surface area contributed by atoms with E-state index in [1.807, 2.05) is 0 Å². The summed E-state index contributed by atoms with van der Waals surface area (Å²) in [5, 5.41) is 0. The number of hydrogen-bond acceptors (Lipinski definition) is 0. The summed E-state index contributed by atoms with van der Waals surface area (Å²) in [6.45, 7) is 6.72. The molecule has 1 aromatic rings. The quantitative estimate of drug-likeness (QED) is 0.617. The van der Waals surface area contributed by atoms with Crippen LogP contribution in [0.4, 0.5) is 0 Å². The highest BCUT2D eigenvalue weighted by atomic mass is 14.2. The fourth-order valence-corrected chi connectivity index (χ4v) is 1.62. The van der Waals surface area contributed by atoms with Crippen LogP contribution in [0.15, 0.2) is 42.5 Å². The van der Waals surface area contributed by atoms with Gasteiger partial charge in [-0.2, -0.15) is 0 Å². The highest BCUT2D eigenvalue weighted by molar-refractivity contribution is 5.29. The molecule has 0 bridgehead atoms. The molecule has 0 amide bonds. The Bertz CT molecular complexity index is 284. The van der Waals surface area contributed by atoms with E-state index in [9.17, 15) is 0 Å². The Morgan fingerprint density at radius 2 is 1.79 bits per heavy atom. The third-order valence-electron chi connectivity index (χ3n) is 2.89. The normalized spacial score (nSPS) is 15.6. The van der Waals surface area contributed by atoms with E-state index in [1.54, 1.807) is 0 Å². The number of rotatable bonds is 4. The Kier molecular flexibility index (Phi) is 3.94. The van der Waals surface area contributed by atoms with Crippen molar-refractivity contribution < 1.29 is 0 Å². The average Bonchev–Trinajstić information content (AvgIpc) is 2.27. The van der Waals surface area contributed by atoms with Gasteiger partial charge in [0.25, 0.3) is 0 Å². The van der Waals surface area contributed by atoms with Crippen molar-refractivity contribution >= 4 is 0 Å².